The van der Waals surface area contributed by atoms with Crippen molar-refractivity contribution in [2.45, 2.75) is 12.3 Å². The molecule has 2 nitrogen and oxygen atoms in total. The minimum atomic E-state index is -0.0776. The van der Waals surface area contributed by atoms with Gasteiger partial charge in [-0.3, -0.25) is 4.98 Å². The second-order valence-corrected chi connectivity index (χ2v) is 4.31. The van der Waals surface area contributed by atoms with Crippen LogP contribution >= 0.6 is 27.5 Å². The molecular formula is C9H7BrClNO. The van der Waals surface area contributed by atoms with Crippen LogP contribution in [0.1, 0.15) is 18.0 Å². The summed E-state index contributed by atoms with van der Waals surface area (Å²) in [6.07, 6.45) is 3.34. The SMILES string of the molecule is CC(Cl)c1cc2c(Br)coc2cn1. The molecule has 0 aromatic carbocycles. The molecule has 2 aromatic rings. The second-order valence-electron chi connectivity index (χ2n) is 2.80. The van der Waals surface area contributed by atoms with Gasteiger partial charge >= 0.3 is 0 Å². The summed E-state index contributed by atoms with van der Waals surface area (Å²) < 4.78 is 6.16. The lowest BCUT2D eigenvalue weighted by atomic mass is 10.2. The van der Waals surface area contributed by atoms with E-state index in [9.17, 15) is 0 Å². The molecule has 0 N–H and O–H groups in total. The molecule has 0 bridgehead atoms. The first-order valence-electron chi connectivity index (χ1n) is 3.85. The van der Waals surface area contributed by atoms with E-state index in [4.69, 9.17) is 16.0 Å². The Bertz CT molecular complexity index is 438. The lowest BCUT2D eigenvalue weighted by Gasteiger charge is -2.00. The topological polar surface area (TPSA) is 26.0 Å². The predicted molar refractivity (Wildman–Crippen MR) is 56.0 cm³/mol. The van der Waals surface area contributed by atoms with Gasteiger partial charge in [0.05, 0.1) is 21.7 Å². The highest BCUT2D eigenvalue weighted by Crippen LogP contribution is 2.28. The zero-order valence-corrected chi connectivity index (χ0v) is 9.26. The van der Waals surface area contributed by atoms with E-state index >= 15 is 0 Å². The molecule has 2 aromatic heterocycles. The monoisotopic (exact) mass is 259 g/mol. The van der Waals surface area contributed by atoms with Gasteiger partial charge in [-0.05, 0) is 28.9 Å². The van der Waals surface area contributed by atoms with Gasteiger partial charge in [-0.2, -0.15) is 0 Å². The average molecular weight is 261 g/mol. The maximum atomic E-state index is 5.91. The lowest BCUT2D eigenvalue weighted by Crippen LogP contribution is -1.88. The fourth-order valence-corrected chi connectivity index (χ4v) is 1.66. The van der Waals surface area contributed by atoms with Crippen LogP contribution in [0.15, 0.2) is 27.4 Å². The molecule has 0 amide bonds. The molecule has 0 aliphatic heterocycles. The molecule has 0 radical (unpaired) electrons. The molecule has 68 valence electrons. The minimum Gasteiger partial charge on any atom is -0.461 e. The normalized spacial score (nSPS) is 13.5. The number of furan rings is 1. The van der Waals surface area contributed by atoms with Crippen molar-refractivity contribution in [3.63, 3.8) is 0 Å². The van der Waals surface area contributed by atoms with Gasteiger partial charge in [0, 0.05) is 5.39 Å². The van der Waals surface area contributed by atoms with Gasteiger partial charge < -0.3 is 4.42 Å². The van der Waals surface area contributed by atoms with Crippen molar-refractivity contribution >= 4 is 38.5 Å². The highest BCUT2D eigenvalue weighted by molar-refractivity contribution is 9.10. The van der Waals surface area contributed by atoms with Gasteiger partial charge in [0.25, 0.3) is 0 Å². The van der Waals surface area contributed by atoms with Crippen LogP contribution in [0.25, 0.3) is 11.0 Å². The molecule has 13 heavy (non-hydrogen) atoms. The van der Waals surface area contributed by atoms with E-state index in [1.54, 1.807) is 12.5 Å². The zero-order chi connectivity index (χ0) is 9.42. The quantitative estimate of drug-likeness (QED) is 0.727. The third kappa shape index (κ3) is 1.58. The van der Waals surface area contributed by atoms with Crippen molar-refractivity contribution in [2.75, 3.05) is 0 Å². The average Bonchev–Trinajstić information content (AvgIpc) is 2.47. The number of hydrogen-bond donors (Lipinski definition) is 0. The van der Waals surface area contributed by atoms with Gasteiger partial charge in [-0.25, -0.2) is 0 Å². The summed E-state index contributed by atoms with van der Waals surface area (Å²) in [7, 11) is 0. The molecule has 4 heteroatoms. The number of fused-ring (bicyclic) bond motifs is 1. The fourth-order valence-electron chi connectivity index (χ4n) is 1.14. The molecule has 1 atom stereocenters. The molecule has 2 rings (SSSR count). The van der Waals surface area contributed by atoms with Crippen molar-refractivity contribution in [2.24, 2.45) is 0 Å². The molecule has 0 aliphatic rings. The Labute approximate surface area is 89.0 Å². The number of aromatic nitrogens is 1. The number of rotatable bonds is 1. The summed E-state index contributed by atoms with van der Waals surface area (Å²) in [5, 5.41) is 0.934. The van der Waals surface area contributed by atoms with Gasteiger partial charge in [-0.15, -0.1) is 11.6 Å². The molecule has 0 saturated heterocycles. The maximum Gasteiger partial charge on any atom is 0.153 e. The van der Waals surface area contributed by atoms with Crippen molar-refractivity contribution < 1.29 is 4.42 Å². The predicted octanol–water partition coefficient (Wildman–Crippen LogP) is 3.89. The van der Waals surface area contributed by atoms with Crippen molar-refractivity contribution in [3.05, 3.63) is 28.7 Å². The Kier molecular flexibility index (Phi) is 2.30. The molecule has 0 spiro atoms. The summed E-state index contributed by atoms with van der Waals surface area (Å²) in [4.78, 5) is 4.17. The van der Waals surface area contributed by atoms with Crippen LogP contribution < -0.4 is 0 Å². The van der Waals surface area contributed by atoms with Crippen LogP contribution in [-0.4, -0.2) is 4.98 Å². The third-order valence-electron chi connectivity index (χ3n) is 1.84. The first-order chi connectivity index (χ1) is 6.18. The Hall–Kier alpha value is -0.540. The summed E-state index contributed by atoms with van der Waals surface area (Å²) in [5.41, 5.74) is 1.63. The van der Waals surface area contributed by atoms with E-state index in [0.29, 0.717) is 0 Å². The lowest BCUT2D eigenvalue weighted by molar-refractivity contribution is 0.612. The third-order valence-corrected chi connectivity index (χ3v) is 2.68. The number of hydrogen-bond acceptors (Lipinski definition) is 2. The van der Waals surface area contributed by atoms with E-state index in [1.165, 1.54) is 0 Å². The summed E-state index contributed by atoms with van der Waals surface area (Å²) >= 11 is 9.30. The Morgan fingerprint density at radius 3 is 3.08 bits per heavy atom. The van der Waals surface area contributed by atoms with Gasteiger partial charge in [-0.1, -0.05) is 0 Å². The Balaban J connectivity index is 2.66. The molecule has 1 unspecified atom stereocenters. The van der Waals surface area contributed by atoms with Crippen LogP contribution in [0.5, 0.6) is 0 Å². The zero-order valence-electron chi connectivity index (χ0n) is 6.92. The first-order valence-corrected chi connectivity index (χ1v) is 5.08. The Morgan fingerprint density at radius 1 is 1.62 bits per heavy atom. The van der Waals surface area contributed by atoms with Crippen LogP contribution in [0, 0.1) is 0 Å². The first kappa shape index (κ1) is 9.03. The van der Waals surface area contributed by atoms with E-state index < -0.39 is 0 Å². The molecular weight excluding hydrogens is 253 g/mol. The van der Waals surface area contributed by atoms with Crippen molar-refractivity contribution in [1.29, 1.82) is 0 Å². The van der Waals surface area contributed by atoms with E-state index in [-0.39, 0.29) is 5.38 Å². The molecule has 0 fully saturated rings. The van der Waals surface area contributed by atoms with Crippen LogP contribution in [0.4, 0.5) is 0 Å². The van der Waals surface area contributed by atoms with E-state index in [2.05, 4.69) is 20.9 Å². The van der Waals surface area contributed by atoms with Crippen LogP contribution in [0.3, 0.4) is 0 Å². The van der Waals surface area contributed by atoms with Crippen molar-refractivity contribution in [3.8, 4) is 0 Å². The van der Waals surface area contributed by atoms with Gasteiger partial charge in [0.1, 0.15) is 6.26 Å². The second kappa shape index (κ2) is 3.31. The highest BCUT2D eigenvalue weighted by atomic mass is 79.9. The summed E-state index contributed by atoms with van der Waals surface area (Å²) in [5.74, 6) is 0. The summed E-state index contributed by atoms with van der Waals surface area (Å²) in [6, 6.07) is 1.93. The minimum absolute atomic E-state index is 0.0776. The van der Waals surface area contributed by atoms with Gasteiger partial charge in [0.15, 0.2) is 5.58 Å². The number of nitrogens with zero attached hydrogens (tertiary/aromatic N) is 1. The fraction of sp³-hybridized carbons (Fsp3) is 0.222. The maximum absolute atomic E-state index is 5.91. The van der Waals surface area contributed by atoms with Crippen LogP contribution in [-0.2, 0) is 0 Å². The number of alkyl halides is 1. The Morgan fingerprint density at radius 2 is 2.38 bits per heavy atom. The molecule has 0 saturated carbocycles. The van der Waals surface area contributed by atoms with Crippen LogP contribution in [0.2, 0.25) is 0 Å². The van der Waals surface area contributed by atoms with E-state index in [0.717, 1.165) is 21.1 Å². The summed E-state index contributed by atoms with van der Waals surface area (Å²) in [6.45, 7) is 1.89. The number of halogens is 2. The number of pyridine rings is 1. The van der Waals surface area contributed by atoms with E-state index in [1.807, 2.05) is 13.0 Å². The molecule has 0 aliphatic carbocycles. The smallest absolute Gasteiger partial charge is 0.153 e. The molecule has 2 heterocycles. The standard InChI is InChI=1S/C9H7BrClNO/c1-5(11)8-2-6-7(10)4-13-9(6)3-12-8/h2-5H,1H3. The largest absolute Gasteiger partial charge is 0.461 e. The van der Waals surface area contributed by atoms with Crippen molar-refractivity contribution in [1.82, 2.24) is 4.98 Å². The highest BCUT2D eigenvalue weighted by Gasteiger charge is 2.08. The van der Waals surface area contributed by atoms with Gasteiger partial charge in [0.2, 0.25) is 0 Å².